The molecule has 0 saturated carbocycles. The van der Waals surface area contributed by atoms with E-state index in [-0.39, 0.29) is 0 Å². The highest BCUT2D eigenvalue weighted by Crippen LogP contribution is 2.22. The van der Waals surface area contributed by atoms with Gasteiger partial charge in [0.25, 0.3) is 0 Å². The Balaban J connectivity index is 2.12. The summed E-state index contributed by atoms with van der Waals surface area (Å²) in [6.45, 7) is 4.57. The maximum absolute atomic E-state index is 2.49. The predicted octanol–water partition coefficient (Wildman–Crippen LogP) is 3.27. The van der Waals surface area contributed by atoms with Crippen molar-refractivity contribution in [3.8, 4) is 0 Å². The molecular weight excluding hydrogens is 194 g/mol. The SMILES string of the molecule is CC1=CC(Cc2ccccc2)N(C)C(C)C1. The lowest BCUT2D eigenvalue weighted by molar-refractivity contribution is 0.198. The van der Waals surface area contributed by atoms with Crippen LogP contribution in [0.3, 0.4) is 0 Å². The first-order valence-corrected chi connectivity index (χ1v) is 6.10. The van der Waals surface area contributed by atoms with E-state index in [4.69, 9.17) is 0 Å². The first kappa shape index (κ1) is 11.4. The van der Waals surface area contributed by atoms with Crippen LogP contribution in [0, 0.1) is 0 Å². The van der Waals surface area contributed by atoms with Gasteiger partial charge in [-0.05, 0) is 39.3 Å². The summed E-state index contributed by atoms with van der Waals surface area (Å²) in [5.41, 5.74) is 2.96. The van der Waals surface area contributed by atoms with E-state index in [1.807, 2.05) is 0 Å². The van der Waals surface area contributed by atoms with Crippen molar-refractivity contribution in [2.75, 3.05) is 7.05 Å². The zero-order valence-electron chi connectivity index (χ0n) is 10.5. The van der Waals surface area contributed by atoms with Gasteiger partial charge in [-0.1, -0.05) is 42.0 Å². The molecule has 2 rings (SSSR count). The van der Waals surface area contributed by atoms with Gasteiger partial charge in [0.1, 0.15) is 0 Å². The molecule has 0 aliphatic carbocycles. The second-order valence-electron chi connectivity index (χ2n) is 4.99. The first-order chi connectivity index (χ1) is 7.66. The molecule has 0 amide bonds. The van der Waals surface area contributed by atoms with E-state index in [0.29, 0.717) is 12.1 Å². The van der Waals surface area contributed by atoms with Crippen molar-refractivity contribution in [2.24, 2.45) is 0 Å². The van der Waals surface area contributed by atoms with E-state index < -0.39 is 0 Å². The summed E-state index contributed by atoms with van der Waals surface area (Å²) in [4.78, 5) is 2.49. The lowest BCUT2D eigenvalue weighted by atomic mass is 9.94. The van der Waals surface area contributed by atoms with Crippen LogP contribution in [0.4, 0.5) is 0 Å². The Kier molecular flexibility index (Phi) is 3.45. The van der Waals surface area contributed by atoms with Crippen molar-refractivity contribution < 1.29 is 0 Å². The molecule has 0 saturated heterocycles. The maximum Gasteiger partial charge on any atom is 0.0321 e. The minimum Gasteiger partial charge on any atom is -0.297 e. The van der Waals surface area contributed by atoms with E-state index in [1.165, 1.54) is 17.6 Å². The Labute approximate surface area is 98.8 Å². The summed E-state index contributed by atoms with van der Waals surface area (Å²) >= 11 is 0. The fourth-order valence-electron chi connectivity index (χ4n) is 2.51. The van der Waals surface area contributed by atoms with Gasteiger partial charge in [0.05, 0.1) is 0 Å². The topological polar surface area (TPSA) is 3.24 Å². The number of benzene rings is 1. The lowest BCUT2D eigenvalue weighted by Crippen LogP contribution is -2.41. The maximum atomic E-state index is 2.49. The second kappa shape index (κ2) is 4.84. The average molecular weight is 215 g/mol. The standard InChI is InChI=1S/C15H21N/c1-12-9-13(2)16(3)15(10-12)11-14-7-5-4-6-8-14/h4-8,10,13,15H,9,11H2,1-3H3. The lowest BCUT2D eigenvalue weighted by Gasteiger charge is -2.36. The third kappa shape index (κ3) is 2.53. The van der Waals surface area contributed by atoms with E-state index in [9.17, 15) is 0 Å². The molecule has 0 bridgehead atoms. The van der Waals surface area contributed by atoms with Crippen molar-refractivity contribution in [3.63, 3.8) is 0 Å². The molecule has 16 heavy (non-hydrogen) atoms. The highest BCUT2D eigenvalue weighted by molar-refractivity contribution is 5.20. The first-order valence-electron chi connectivity index (χ1n) is 6.10. The quantitative estimate of drug-likeness (QED) is 0.684. The molecule has 1 aromatic carbocycles. The third-order valence-electron chi connectivity index (χ3n) is 3.60. The number of hydrogen-bond donors (Lipinski definition) is 0. The van der Waals surface area contributed by atoms with Crippen molar-refractivity contribution in [2.45, 2.75) is 38.8 Å². The third-order valence-corrected chi connectivity index (χ3v) is 3.60. The Bertz CT molecular complexity index is 366. The monoisotopic (exact) mass is 215 g/mol. The summed E-state index contributed by atoms with van der Waals surface area (Å²) in [5.74, 6) is 0. The summed E-state index contributed by atoms with van der Waals surface area (Å²) in [6, 6.07) is 12.0. The highest BCUT2D eigenvalue weighted by atomic mass is 15.2. The van der Waals surface area contributed by atoms with Gasteiger partial charge >= 0.3 is 0 Å². The predicted molar refractivity (Wildman–Crippen MR) is 69.5 cm³/mol. The van der Waals surface area contributed by atoms with Gasteiger partial charge in [-0.25, -0.2) is 0 Å². The van der Waals surface area contributed by atoms with E-state index in [2.05, 4.69) is 62.2 Å². The summed E-state index contributed by atoms with van der Waals surface area (Å²) < 4.78 is 0. The fraction of sp³-hybridized carbons (Fsp3) is 0.467. The van der Waals surface area contributed by atoms with Crippen LogP contribution in [0.5, 0.6) is 0 Å². The van der Waals surface area contributed by atoms with Crippen LogP contribution < -0.4 is 0 Å². The van der Waals surface area contributed by atoms with Gasteiger partial charge in [0.15, 0.2) is 0 Å². The molecule has 0 N–H and O–H groups in total. The van der Waals surface area contributed by atoms with Crippen LogP contribution in [-0.4, -0.2) is 24.0 Å². The van der Waals surface area contributed by atoms with Gasteiger partial charge in [-0.3, -0.25) is 4.90 Å². The van der Waals surface area contributed by atoms with E-state index in [1.54, 1.807) is 0 Å². The molecule has 1 aromatic rings. The number of nitrogens with zero attached hydrogens (tertiary/aromatic N) is 1. The molecule has 1 aliphatic rings. The normalized spacial score (nSPS) is 26.6. The number of hydrogen-bond acceptors (Lipinski definition) is 1. The highest BCUT2D eigenvalue weighted by Gasteiger charge is 2.22. The molecule has 1 heterocycles. The van der Waals surface area contributed by atoms with Crippen LogP contribution in [0.25, 0.3) is 0 Å². The van der Waals surface area contributed by atoms with Gasteiger partial charge < -0.3 is 0 Å². The Morgan fingerprint density at radius 3 is 2.62 bits per heavy atom. The molecule has 0 radical (unpaired) electrons. The number of rotatable bonds is 2. The average Bonchev–Trinajstić information content (AvgIpc) is 2.27. The minimum atomic E-state index is 0.561. The van der Waals surface area contributed by atoms with Crippen LogP contribution in [0.1, 0.15) is 25.8 Å². The largest absolute Gasteiger partial charge is 0.297 e. The zero-order valence-corrected chi connectivity index (χ0v) is 10.5. The smallest absolute Gasteiger partial charge is 0.0321 e. The van der Waals surface area contributed by atoms with Crippen molar-refractivity contribution in [3.05, 3.63) is 47.5 Å². The number of likely N-dealkylation sites (N-methyl/N-ethyl adjacent to an activating group) is 1. The summed E-state index contributed by atoms with van der Waals surface area (Å²) in [7, 11) is 2.24. The Morgan fingerprint density at radius 1 is 1.25 bits per heavy atom. The Hall–Kier alpha value is -1.08. The molecule has 1 aliphatic heterocycles. The molecule has 1 heteroatoms. The van der Waals surface area contributed by atoms with Gasteiger partial charge in [-0.15, -0.1) is 0 Å². The van der Waals surface area contributed by atoms with Gasteiger partial charge in [0.2, 0.25) is 0 Å². The van der Waals surface area contributed by atoms with Crippen molar-refractivity contribution >= 4 is 0 Å². The van der Waals surface area contributed by atoms with Gasteiger partial charge in [0, 0.05) is 12.1 Å². The zero-order chi connectivity index (χ0) is 11.5. The van der Waals surface area contributed by atoms with E-state index in [0.717, 1.165) is 6.42 Å². The van der Waals surface area contributed by atoms with Crippen molar-refractivity contribution in [1.29, 1.82) is 0 Å². The van der Waals surface area contributed by atoms with Crippen LogP contribution in [0.15, 0.2) is 42.0 Å². The second-order valence-corrected chi connectivity index (χ2v) is 4.99. The van der Waals surface area contributed by atoms with Crippen molar-refractivity contribution in [1.82, 2.24) is 4.90 Å². The fourth-order valence-corrected chi connectivity index (χ4v) is 2.51. The van der Waals surface area contributed by atoms with Gasteiger partial charge in [-0.2, -0.15) is 0 Å². The molecule has 1 nitrogen and oxygen atoms in total. The minimum absolute atomic E-state index is 0.561. The molecule has 0 aromatic heterocycles. The van der Waals surface area contributed by atoms with E-state index >= 15 is 0 Å². The van der Waals surface area contributed by atoms with Crippen LogP contribution in [0.2, 0.25) is 0 Å². The summed E-state index contributed by atoms with van der Waals surface area (Å²) in [6.07, 6.45) is 4.76. The molecule has 2 unspecified atom stereocenters. The van der Waals surface area contributed by atoms with Crippen LogP contribution >= 0.6 is 0 Å². The molecule has 0 spiro atoms. The molecular formula is C15H21N. The van der Waals surface area contributed by atoms with Crippen LogP contribution in [-0.2, 0) is 6.42 Å². The Morgan fingerprint density at radius 2 is 1.94 bits per heavy atom. The summed E-state index contributed by atoms with van der Waals surface area (Å²) in [5, 5.41) is 0. The molecule has 0 fully saturated rings. The molecule has 86 valence electrons. The molecule has 2 atom stereocenters.